The Labute approximate surface area is 99.0 Å². The standard InChI is InChI=1S/C9H12O5S2/c1-13-9(10)5-3-2-4-6(7(3)15)14-16(11,12)8(4)5/h3-8,15H,2H2,1H3. The number of methoxy groups -OCH3 is 1. The lowest BCUT2D eigenvalue weighted by Gasteiger charge is -2.26. The Balaban J connectivity index is 2.07. The zero-order valence-electron chi connectivity index (χ0n) is 8.57. The van der Waals surface area contributed by atoms with Gasteiger partial charge in [-0.25, -0.2) is 0 Å². The van der Waals surface area contributed by atoms with E-state index in [0.29, 0.717) is 6.42 Å². The van der Waals surface area contributed by atoms with Crippen molar-refractivity contribution >= 4 is 28.7 Å². The van der Waals surface area contributed by atoms with Crippen LogP contribution in [-0.2, 0) is 23.8 Å². The quantitative estimate of drug-likeness (QED) is 0.404. The molecular weight excluding hydrogens is 252 g/mol. The minimum Gasteiger partial charge on any atom is -0.469 e. The summed E-state index contributed by atoms with van der Waals surface area (Å²) in [6.07, 6.45) is 0.354. The molecular formula is C9H12O5S2. The topological polar surface area (TPSA) is 69.7 Å². The Morgan fingerprint density at radius 3 is 2.75 bits per heavy atom. The lowest BCUT2D eigenvalue weighted by Crippen LogP contribution is -2.41. The summed E-state index contributed by atoms with van der Waals surface area (Å²) in [6.45, 7) is 0. The van der Waals surface area contributed by atoms with E-state index in [1.165, 1.54) is 7.11 Å². The van der Waals surface area contributed by atoms with E-state index >= 15 is 0 Å². The van der Waals surface area contributed by atoms with Gasteiger partial charge in [-0.1, -0.05) is 0 Å². The van der Waals surface area contributed by atoms with E-state index in [9.17, 15) is 13.2 Å². The highest BCUT2D eigenvalue weighted by atomic mass is 32.2. The normalized spacial score (nSPS) is 51.9. The fraction of sp³-hybridized carbons (Fsp3) is 0.889. The number of ether oxygens (including phenoxy) is 1. The van der Waals surface area contributed by atoms with Crippen molar-refractivity contribution in [3.8, 4) is 0 Å². The molecule has 2 bridgehead atoms. The molecule has 7 heteroatoms. The predicted molar refractivity (Wildman–Crippen MR) is 57.5 cm³/mol. The van der Waals surface area contributed by atoms with Gasteiger partial charge in [0.2, 0.25) is 0 Å². The van der Waals surface area contributed by atoms with Crippen LogP contribution in [0.1, 0.15) is 6.42 Å². The minimum absolute atomic E-state index is 0.0342. The number of fused-ring (bicyclic) bond motifs is 1. The van der Waals surface area contributed by atoms with Crippen LogP contribution < -0.4 is 0 Å². The molecule has 0 aromatic heterocycles. The van der Waals surface area contributed by atoms with Gasteiger partial charge in [0.15, 0.2) is 0 Å². The third-order valence-electron chi connectivity index (χ3n) is 4.03. The lowest BCUT2D eigenvalue weighted by molar-refractivity contribution is -0.146. The number of hydrogen-bond acceptors (Lipinski definition) is 6. The summed E-state index contributed by atoms with van der Waals surface area (Å²) < 4.78 is 33.3. The Kier molecular flexibility index (Phi) is 2.13. The Bertz CT molecular complexity index is 445. The second-order valence-electron chi connectivity index (χ2n) is 4.62. The van der Waals surface area contributed by atoms with E-state index in [1.54, 1.807) is 0 Å². The zero-order chi connectivity index (χ0) is 11.7. The fourth-order valence-corrected chi connectivity index (χ4v) is 6.20. The van der Waals surface area contributed by atoms with Gasteiger partial charge in [-0.05, 0) is 12.3 Å². The largest absolute Gasteiger partial charge is 0.469 e. The van der Waals surface area contributed by atoms with Crippen molar-refractivity contribution in [1.82, 2.24) is 0 Å². The molecule has 5 nitrogen and oxygen atoms in total. The Hall–Kier alpha value is -0.270. The molecule has 0 radical (unpaired) electrons. The molecule has 1 aliphatic heterocycles. The molecule has 3 aliphatic rings. The monoisotopic (exact) mass is 264 g/mol. The molecule has 6 unspecified atom stereocenters. The van der Waals surface area contributed by atoms with E-state index in [1.807, 2.05) is 0 Å². The fourth-order valence-electron chi connectivity index (χ4n) is 3.46. The van der Waals surface area contributed by atoms with E-state index in [-0.39, 0.29) is 23.2 Å². The summed E-state index contributed by atoms with van der Waals surface area (Å²) in [5.41, 5.74) is 0. The maximum absolute atomic E-state index is 11.8. The molecule has 1 heterocycles. The van der Waals surface area contributed by atoms with Crippen LogP contribution in [0.3, 0.4) is 0 Å². The summed E-state index contributed by atoms with van der Waals surface area (Å²) in [7, 11) is -2.34. The van der Waals surface area contributed by atoms with Crippen molar-refractivity contribution in [2.24, 2.45) is 17.8 Å². The van der Waals surface area contributed by atoms with Gasteiger partial charge in [0.1, 0.15) is 5.25 Å². The number of hydrogen-bond donors (Lipinski definition) is 1. The number of rotatable bonds is 1. The molecule has 3 rings (SSSR count). The summed E-state index contributed by atoms with van der Waals surface area (Å²) in [5, 5.41) is -0.888. The van der Waals surface area contributed by atoms with Crippen LogP contribution >= 0.6 is 12.6 Å². The summed E-state index contributed by atoms with van der Waals surface area (Å²) in [6, 6.07) is 0. The van der Waals surface area contributed by atoms with E-state index < -0.39 is 27.3 Å². The van der Waals surface area contributed by atoms with Crippen molar-refractivity contribution in [3.63, 3.8) is 0 Å². The van der Waals surface area contributed by atoms with Crippen LogP contribution in [0.25, 0.3) is 0 Å². The molecule has 16 heavy (non-hydrogen) atoms. The number of esters is 1. The van der Waals surface area contributed by atoms with Gasteiger partial charge in [0, 0.05) is 11.2 Å². The van der Waals surface area contributed by atoms with Gasteiger partial charge < -0.3 is 4.74 Å². The summed E-state index contributed by atoms with van der Waals surface area (Å²) >= 11 is 4.37. The van der Waals surface area contributed by atoms with Crippen LogP contribution in [0.4, 0.5) is 0 Å². The first kappa shape index (κ1) is 10.9. The molecule has 0 aromatic carbocycles. The predicted octanol–water partition coefficient (Wildman–Crippen LogP) is -0.179. The Morgan fingerprint density at radius 1 is 1.44 bits per heavy atom. The van der Waals surface area contributed by atoms with Gasteiger partial charge in [0.05, 0.1) is 19.1 Å². The van der Waals surface area contributed by atoms with Crippen molar-refractivity contribution < 1.29 is 22.1 Å². The summed E-state index contributed by atoms with van der Waals surface area (Å²) in [5.74, 6) is -1.17. The molecule has 3 fully saturated rings. The molecule has 1 saturated heterocycles. The average Bonchev–Trinajstić information content (AvgIpc) is 2.80. The summed E-state index contributed by atoms with van der Waals surface area (Å²) in [4.78, 5) is 11.6. The molecule has 0 amide bonds. The van der Waals surface area contributed by atoms with Crippen LogP contribution in [0.2, 0.25) is 0 Å². The van der Waals surface area contributed by atoms with Crippen molar-refractivity contribution in [3.05, 3.63) is 0 Å². The first-order chi connectivity index (χ1) is 7.47. The van der Waals surface area contributed by atoms with Crippen molar-refractivity contribution in [2.75, 3.05) is 7.11 Å². The van der Waals surface area contributed by atoms with Gasteiger partial charge in [-0.3, -0.25) is 8.98 Å². The second-order valence-corrected chi connectivity index (χ2v) is 6.94. The number of thiol groups is 1. The zero-order valence-corrected chi connectivity index (χ0v) is 10.3. The van der Waals surface area contributed by atoms with E-state index in [2.05, 4.69) is 17.4 Å². The van der Waals surface area contributed by atoms with Gasteiger partial charge >= 0.3 is 5.97 Å². The maximum atomic E-state index is 11.8. The van der Waals surface area contributed by atoms with Gasteiger partial charge in [-0.2, -0.15) is 21.0 Å². The van der Waals surface area contributed by atoms with E-state index in [4.69, 9.17) is 4.18 Å². The van der Waals surface area contributed by atoms with Crippen molar-refractivity contribution in [1.29, 1.82) is 0 Å². The van der Waals surface area contributed by atoms with Crippen LogP contribution in [0.15, 0.2) is 0 Å². The first-order valence-corrected chi connectivity index (χ1v) is 7.14. The molecule has 2 aliphatic carbocycles. The highest BCUT2D eigenvalue weighted by Gasteiger charge is 2.69. The average molecular weight is 264 g/mol. The SMILES string of the molecule is COC(=O)C1C2CC3C(OS(=O)(=O)C31)C2S. The molecule has 0 N–H and O–H groups in total. The van der Waals surface area contributed by atoms with Crippen LogP contribution in [-0.4, -0.2) is 38.1 Å². The van der Waals surface area contributed by atoms with E-state index in [0.717, 1.165) is 0 Å². The third kappa shape index (κ3) is 1.11. The lowest BCUT2D eigenvalue weighted by atomic mass is 9.86. The first-order valence-electron chi connectivity index (χ1n) is 5.15. The second kappa shape index (κ2) is 3.14. The molecule has 6 atom stereocenters. The molecule has 0 aromatic rings. The number of carbonyl (C=O) groups excluding carboxylic acids is 1. The van der Waals surface area contributed by atoms with Crippen LogP contribution in [0.5, 0.6) is 0 Å². The molecule has 2 saturated carbocycles. The Morgan fingerprint density at radius 2 is 2.12 bits per heavy atom. The molecule has 0 spiro atoms. The number of carbonyl (C=O) groups is 1. The minimum atomic E-state index is -3.62. The van der Waals surface area contributed by atoms with Crippen molar-refractivity contribution in [2.45, 2.75) is 23.0 Å². The highest BCUT2D eigenvalue weighted by Crippen LogP contribution is 2.59. The van der Waals surface area contributed by atoms with Gasteiger partial charge in [0.25, 0.3) is 10.1 Å². The maximum Gasteiger partial charge on any atom is 0.310 e. The smallest absolute Gasteiger partial charge is 0.310 e. The van der Waals surface area contributed by atoms with Gasteiger partial charge in [-0.15, -0.1) is 0 Å². The molecule has 90 valence electrons. The van der Waals surface area contributed by atoms with Crippen LogP contribution in [0, 0.1) is 17.8 Å². The third-order valence-corrected chi connectivity index (χ3v) is 6.51. The highest BCUT2D eigenvalue weighted by molar-refractivity contribution is 7.87.